The van der Waals surface area contributed by atoms with Crippen molar-refractivity contribution in [1.82, 2.24) is 49.2 Å². The number of para-hydroxylation sites is 2. The van der Waals surface area contributed by atoms with Crippen molar-refractivity contribution in [2.75, 3.05) is 37.5 Å². The number of carbonyl (C=O) groups is 5. The number of carbonyl (C=O) groups excluding carboxylic acids is 5. The van der Waals surface area contributed by atoms with E-state index in [1.807, 2.05) is 27.7 Å². The third-order valence-corrected chi connectivity index (χ3v) is 19.4. The van der Waals surface area contributed by atoms with Crippen molar-refractivity contribution in [1.29, 1.82) is 0 Å². The molecule has 2 aromatic carbocycles. The van der Waals surface area contributed by atoms with Crippen molar-refractivity contribution in [2.24, 2.45) is 29.6 Å². The van der Waals surface area contributed by atoms with Gasteiger partial charge in [0.25, 0.3) is 0 Å². The van der Waals surface area contributed by atoms with E-state index in [0.29, 0.717) is 0 Å². The first kappa shape index (κ1) is 77.8. The molecule has 33 heteroatoms. The molecule has 0 bridgehead atoms. The highest BCUT2D eigenvalue weighted by atomic mass is 31.2. The van der Waals surface area contributed by atoms with Gasteiger partial charge in [-0.3, -0.25) is 42.2 Å². The van der Waals surface area contributed by atoms with Gasteiger partial charge in [-0.25, -0.2) is 19.1 Å². The summed E-state index contributed by atoms with van der Waals surface area (Å²) in [5.74, 6) is 0.906. The number of nitrogens with two attached hydrogens (primary N) is 1. The number of ether oxygens (including phenoxy) is 6. The minimum atomic E-state index is -4.45. The van der Waals surface area contributed by atoms with Crippen LogP contribution in [0.5, 0.6) is 11.5 Å². The van der Waals surface area contributed by atoms with E-state index in [2.05, 4.69) is 57.2 Å². The molecule has 2 aliphatic heterocycles. The molecule has 29 nitrogen and oxygen atoms in total. The Kier molecular flexibility index (Phi) is 27.1. The molecule has 1 amide bonds. The largest absolute Gasteiger partial charge is 0.464 e. The van der Waals surface area contributed by atoms with Crippen molar-refractivity contribution >= 4 is 79.2 Å². The molecule has 5 N–H and O–H groups in total. The number of terminal acetylenes is 2. The maximum Gasteiger partial charge on any atom is 0.459 e. The number of halogens is 2. The molecule has 6 aromatic rings. The molecule has 0 unspecified atom stereocenters. The number of aromatic nitrogens is 8. The van der Waals surface area contributed by atoms with Crippen molar-refractivity contribution in [3.63, 3.8) is 0 Å². The van der Waals surface area contributed by atoms with Gasteiger partial charge in [0, 0.05) is 18.8 Å². The van der Waals surface area contributed by atoms with Crippen LogP contribution in [-0.2, 0) is 70.6 Å². The van der Waals surface area contributed by atoms with Gasteiger partial charge in [0.15, 0.2) is 45.2 Å². The summed E-state index contributed by atoms with van der Waals surface area (Å²) in [4.78, 5) is 87.3. The van der Waals surface area contributed by atoms with Gasteiger partial charge in [0.05, 0.1) is 37.7 Å². The number of fused-ring (bicyclic) bond motifs is 2. The summed E-state index contributed by atoms with van der Waals surface area (Å²) in [6.07, 6.45) is 11.2. The van der Waals surface area contributed by atoms with E-state index < -0.39 is 136 Å². The van der Waals surface area contributed by atoms with Crippen LogP contribution in [0.15, 0.2) is 73.3 Å². The zero-order valence-corrected chi connectivity index (χ0v) is 59.0. The summed E-state index contributed by atoms with van der Waals surface area (Å²) in [5, 5.41) is 7.82. The van der Waals surface area contributed by atoms with Crippen LogP contribution >= 0.6 is 15.5 Å². The molecule has 6 heterocycles. The highest BCUT2D eigenvalue weighted by molar-refractivity contribution is 7.52. The minimum absolute atomic E-state index is 0.0168. The minimum Gasteiger partial charge on any atom is -0.464 e. The summed E-state index contributed by atoms with van der Waals surface area (Å²) in [6, 6.07) is 14.0. The number of amides is 1. The molecular weight excluding hydrogens is 1330 g/mol. The molecule has 10 atom stereocenters. The van der Waals surface area contributed by atoms with Gasteiger partial charge >= 0.3 is 51.5 Å². The molecule has 2 saturated heterocycles. The van der Waals surface area contributed by atoms with Crippen LogP contribution in [0.25, 0.3) is 22.3 Å². The average Bonchev–Trinajstić information content (AvgIpc) is 1.61. The fraction of sp³-hybridized carbons (Fsp3) is 0.530. The van der Waals surface area contributed by atoms with Gasteiger partial charge in [0.1, 0.15) is 61.5 Å². The Hall–Kier alpha value is -8.51. The second kappa shape index (κ2) is 34.5. The molecule has 8 rings (SSSR count). The van der Waals surface area contributed by atoms with Gasteiger partial charge in [0.2, 0.25) is 5.91 Å². The number of nitrogens with one attached hydrogen (secondary N) is 3. The number of nitrogens with zero attached hydrogens (tertiary/aromatic N) is 8. The van der Waals surface area contributed by atoms with E-state index in [-0.39, 0.29) is 83.4 Å². The third-order valence-electron chi connectivity index (χ3n) is 16.2. The summed E-state index contributed by atoms with van der Waals surface area (Å²) in [6.45, 7) is 19.9. The second-order valence-electron chi connectivity index (χ2n) is 24.5. The normalized spacial score (nSPS) is 20.9. The van der Waals surface area contributed by atoms with Crippen LogP contribution in [0.2, 0.25) is 0 Å². The number of nitrogen functional groups attached to an aromatic ring is 1. The van der Waals surface area contributed by atoms with Gasteiger partial charge in [-0.2, -0.15) is 38.9 Å². The molecule has 0 aliphatic carbocycles. The SMILES string of the molecule is C#C[C@]1(CO[P@@](=O)(N[C@@H](C)C(=O)OCC(CC)CC)Oc2ccccc2)O[C@@H](n2cnc3c(N)nc(F)nc32)C[C@@H]1OC(=O)C(C)C.C#C[C@]1(CO[P@@](=O)(N[C@@H](C)C(=O)OCC(CC)CC)Oc2ccccc2)O[C@@H](n2cnc3c(NC(=O)C(C)C)nc(F)nc32)C[C@@H]1OC(=O)C(C)C. The topological polar surface area (TPSA) is 361 Å². The number of hydrogen-bond acceptors (Lipinski definition) is 24. The van der Waals surface area contributed by atoms with Gasteiger partial charge < -0.3 is 48.5 Å². The maximum absolute atomic E-state index is 14.7. The van der Waals surface area contributed by atoms with Crippen LogP contribution in [0.4, 0.5) is 20.4 Å². The summed E-state index contributed by atoms with van der Waals surface area (Å²) < 4.78 is 119. The van der Waals surface area contributed by atoms with Gasteiger partial charge in [-0.05, 0) is 49.9 Å². The lowest BCUT2D eigenvalue weighted by Gasteiger charge is -2.31. The monoisotopic (exact) mass is 1420 g/mol. The number of imidazole rings is 2. The Morgan fingerprint density at radius 1 is 0.606 bits per heavy atom. The predicted octanol–water partition coefficient (Wildman–Crippen LogP) is 10.1. The van der Waals surface area contributed by atoms with E-state index in [0.717, 1.165) is 25.7 Å². The first-order chi connectivity index (χ1) is 47.0. The highest BCUT2D eigenvalue weighted by Crippen LogP contribution is 2.51. The smallest absolute Gasteiger partial charge is 0.459 e. The first-order valence-electron chi connectivity index (χ1n) is 32.4. The van der Waals surface area contributed by atoms with Gasteiger partial charge in [-0.15, -0.1) is 12.8 Å². The summed E-state index contributed by atoms with van der Waals surface area (Å²) >= 11 is 0. The molecule has 0 radical (unpaired) electrons. The van der Waals surface area contributed by atoms with Crippen LogP contribution in [0.1, 0.15) is 134 Å². The number of benzene rings is 2. The van der Waals surface area contributed by atoms with E-state index in [1.165, 1.54) is 35.6 Å². The molecule has 0 spiro atoms. The lowest BCUT2D eigenvalue weighted by molar-refractivity contribution is -0.162. The molecule has 536 valence electrons. The van der Waals surface area contributed by atoms with E-state index in [9.17, 15) is 41.9 Å². The number of anilines is 2. The van der Waals surface area contributed by atoms with E-state index >= 15 is 0 Å². The first-order valence-corrected chi connectivity index (χ1v) is 35.5. The number of rotatable bonds is 32. The average molecular weight is 1420 g/mol. The summed E-state index contributed by atoms with van der Waals surface area (Å²) in [5.41, 5.74) is 2.27. The van der Waals surface area contributed by atoms with Crippen LogP contribution in [-0.4, -0.2) is 131 Å². The van der Waals surface area contributed by atoms with E-state index in [1.54, 1.807) is 102 Å². The Morgan fingerprint density at radius 2 is 1.00 bits per heavy atom. The van der Waals surface area contributed by atoms with Crippen LogP contribution in [0.3, 0.4) is 0 Å². The maximum atomic E-state index is 14.7. The standard InChI is InChI=1S/C35H46FN6O9P.C31H40FN6O8P/c1-9-24(10-2)18-47-33(45)23(8)41-52(46,51-25-15-13-12-14-16-25)48-19-35(11-3)26(49-32(44)22(6)7)17-27(50-35)42-20-37-28-29(38-31(43)21(4)5)39-34(36)40-30(28)42;1-7-21(8-2)16-42-29(40)20(6)37-47(41,46-22-13-11-10-12-14-22)43-17-31(9-3)23(44-28(39)19(4)5)15-24(45-31)38-18-34-25-26(33)35-30(32)36-27(25)38/h3,12-16,20-24,26-27H,9-10,17-19H2,1-2,4-8H3,(H,41,46)(H,38,39,40,43);3,10-14,18-21,23-24H,7-8,15-17H2,1-2,4-6H3,(H,37,41)(H2,33,35,36)/t23-,26-,27+,35+,52-;20-,23-,24+,31+,47-/m00/s1. The number of hydrogen-bond donors (Lipinski definition) is 4. The van der Waals surface area contributed by atoms with Crippen LogP contribution < -0.4 is 30.3 Å². The Morgan fingerprint density at radius 3 is 1.38 bits per heavy atom. The molecular formula is C66H86F2N12O17P2. The molecule has 2 fully saturated rings. The zero-order chi connectivity index (χ0) is 72.6. The predicted molar refractivity (Wildman–Crippen MR) is 357 cm³/mol. The van der Waals surface area contributed by atoms with Crippen molar-refractivity contribution < 1.29 is 88.4 Å². The Labute approximate surface area is 572 Å². The quantitative estimate of drug-likeness (QED) is 0.0100. The fourth-order valence-corrected chi connectivity index (χ4v) is 12.9. The number of esters is 4. The lowest BCUT2D eigenvalue weighted by Crippen LogP contribution is -2.46. The molecule has 4 aromatic heterocycles. The van der Waals surface area contributed by atoms with Crippen molar-refractivity contribution in [2.45, 2.75) is 170 Å². The van der Waals surface area contributed by atoms with E-state index in [4.69, 9.17) is 65.1 Å². The van der Waals surface area contributed by atoms with Crippen molar-refractivity contribution in [3.8, 4) is 36.2 Å². The Bertz CT molecular complexity index is 3960. The highest BCUT2D eigenvalue weighted by Gasteiger charge is 2.55. The molecule has 0 saturated carbocycles. The molecule has 2 aliphatic rings. The van der Waals surface area contributed by atoms with Gasteiger partial charge in [-0.1, -0.05) is 143 Å². The summed E-state index contributed by atoms with van der Waals surface area (Å²) in [7, 11) is -8.86. The zero-order valence-electron chi connectivity index (χ0n) is 57.3. The lowest BCUT2D eigenvalue weighted by atomic mass is 9.98. The second-order valence-corrected chi connectivity index (χ2v) is 27.9. The fourth-order valence-electron chi connectivity index (χ4n) is 9.88. The third kappa shape index (κ3) is 19.9. The molecule has 99 heavy (non-hydrogen) atoms. The van der Waals surface area contributed by atoms with Crippen LogP contribution in [0, 0.1) is 66.4 Å². The van der Waals surface area contributed by atoms with Crippen molar-refractivity contribution in [3.05, 3.63) is 85.5 Å². The Balaban J connectivity index is 0.000000280.